The summed E-state index contributed by atoms with van der Waals surface area (Å²) in [5.74, 6) is -0.0941. The van der Waals surface area contributed by atoms with Gasteiger partial charge in [0, 0.05) is 60.1 Å². The largest absolute Gasteiger partial charge is 0.373 e. The van der Waals surface area contributed by atoms with Gasteiger partial charge in [-0.05, 0) is 48.4 Å². The molecule has 1 atom stereocenters. The van der Waals surface area contributed by atoms with E-state index < -0.39 is 0 Å². The zero-order chi connectivity index (χ0) is 25.7. The summed E-state index contributed by atoms with van der Waals surface area (Å²) in [6.45, 7) is 4.29. The van der Waals surface area contributed by atoms with E-state index in [-0.39, 0.29) is 22.6 Å². The Morgan fingerprint density at radius 3 is 2.42 bits per heavy atom. The van der Waals surface area contributed by atoms with Gasteiger partial charge in [0.15, 0.2) is 0 Å². The van der Waals surface area contributed by atoms with E-state index in [2.05, 4.69) is 10.2 Å². The number of rotatable bonds is 7. The first-order chi connectivity index (χ1) is 17.3. The minimum Gasteiger partial charge on any atom is -0.373 e. The van der Waals surface area contributed by atoms with Gasteiger partial charge < -0.3 is 15.1 Å². The van der Waals surface area contributed by atoms with Crippen molar-refractivity contribution in [3.05, 3.63) is 104 Å². The van der Waals surface area contributed by atoms with Gasteiger partial charge in [-0.3, -0.25) is 14.9 Å². The number of anilines is 2. The molecule has 0 unspecified atom stereocenters. The number of nitro groups is 1. The molecule has 1 saturated heterocycles. The van der Waals surface area contributed by atoms with Crippen molar-refractivity contribution in [2.24, 2.45) is 0 Å². The van der Waals surface area contributed by atoms with Gasteiger partial charge in [-0.15, -0.1) is 0 Å². The van der Waals surface area contributed by atoms with Gasteiger partial charge in [0.1, 0.15) is 5.69 Å². The summed E-state index contributed by atoms with van der Waals surface area (Å²) >= 11 is 12.1. The van der Waals surface area contributed by atoms with Crippen molar-refractivity contribution in [1.82, 2.24) is 4.90 Å². The van der Waals surface area contributed by atoms with E-state index in [9.17, 15) is 14.9 Å². The van der Waals surface area contributed by atoms with E-state index >= 15 is 0 Å². The molecule has 4 rings (SSSR count). The van der Waals surface area contributed by atoms with Crippen LogP contribution in [0.3, 0.4) is 0 Å². The highest BCUT2D eigenvalue weighted by Crippen LogP contribution is 2.33. The lowest BCUT2D eigenvalue weighted by molar-refractivity contribution is -0.384. The Kier molecular flexibility index (Phi) is 8.13. The summed E-state index contributed by atoms with van der Waals surface area (Å²) in [6, 6.07) is 19.9. The molecule has 3 aromatic rings. The fourth-order valence-electron chi connectivity index (χ4n) is 4.14. The maximum atomic E-state index is 12.7. The van der Waals surface area contributed by atoms with Gasteiger partial charge >= 0.3 is 0 Å². The molecule has 0 radical (unpaired) electrons. The van der Waals surface area contributed by atoms with Gasteiger partial charge in [0.25, 0.3) is 5.69 Å². The third kappa shape index (κ3) is 6.17. The molecule has 1 N–H and O–H groups in total. The Labute approximate surface area is 220 Å². The van der Waals surface area contributed by atoms with E-state index in [1.807, 2.05) is 43.3 Å². The second kappa shape index (κ2) is 11.5. The highest BCUT2D eigenvalue weighted by Gasteiger charge is 2.23. The first kappa shape index (κ1) is 25.5. The standard InChI is InChI=1S/C27H26Cl2N4O3/c1-19(20-5-3-2-4-6-20)30-25-18-23(10-11-26(25)33(35)36)31-13-15-32(16-14-31)27(34)12-8-21-7-9-22(28)17-24(21)29/h2-12,17-19,30H,13-16H2,1H3/b12-8+/t19-/m1/s1. The molecule has 186 valence electrons. The lowest BCUT2D eigenvalue weighted by Gasteiger charge is -2.36. The Bertz CT molecular complexity index is 1280. The predicted octanol–water partition coefficient (Wildman–Crippen LogP) is 6.44. The molecule has 1 aliphatic heterocycles. The van der Waals surface area contributed by atoms with Crippen LogP contribution in [-0.4, -0.2) is 41.9 Å². The Morgan fingerprint density at radius 1 is 1.03 bits per heavy atom. The second-order valence-electron chi connectivity index (χ2n) is 8.55. The number of nitro benzene ring substituents is 1. The zero-order valence-corrected chi connectivity index (χ0v) is 21.2. The van der Waals surface area contributed by atoms with Crippen molar-refractivity contribution in [2.75, 3.05) is 36.4 Å². The number of amides is 1. The molecule has 1 heterocycles. The maximum Gasteiger partial charge on any atom is 0.292 e. The van der Waals surface area contributed by atoms with Crippen LogP contribution in [0.2, 0.25) is 10.0 Å². The van der Waals surface area contributed by atoms with Crippen molar-refractivity contribution in [3.63, 3.8) is 0 Å². The number of hydrogen-bond donors (Lipinski definition) is 1. The average Bonchev–Trinajstić information content (AvgIpc) is 2.88. The summed E-state index contributed by atoms with van der Waals surface area (Å²) in [6.07, 6.45) is 3.21. The van der Waals surface area contributed by atoms with E-state index in [4.69, 9.17) is 23.2 Å². The highest BCUT2D eigenvalue weighted by molar-refractivity contribution is 6.35. The zero-order valence-electron chi connectivity index (χ0n) is 19.7. The van der Waals surface area contributed by atoms with Gasteiger partial charge in [-0.1, -0.05) is 59.6 Å². The quantitative estimate of drug-likeness (QED) is 0.218. The molecule has 1 amide bonds. The summed E-state index contributed by atoms with van der Waals surface area (Å²) in [4.78, 5) is 27.9. The number of benzene rings is 3. The second-order valence-corrected chi connectivity index (χ2v) is 9.39. The topological polar surface area (TPSA) is 78.7 Å². The van der Waals surface area contributed by atoms with Gasteiger partial charge in [-0.25, -0.2) is 0 Å². The molecule has 0 bridgehead atoms. The third-order valence-corrected chi connectivity index (χ3v) is 6.74. The van der Waals surface area contributed by atoms with E-state index in [1.54, 1.807) is 35.2 Å². The Morgan fingerprint density at radius 2 is 1.75 bits per heavy atom. The molecule has 0 spiro atoms. The summed E-state index contributed by atoms with van der Waals surface area (Å²) in [7, 11) is 0. The molecule has 0 aliphatic carbocycles. The SMILES string of the molecule is C[C@@H](Nc1cc(N2CCN(C(=O)/C=C/c3ccc(Cl)cc3Cl)CC2)ccc1[N+](=O)[O-])c1ccccc1. The number of hydrogen-bond acceptors (Lipinski definition) is 5. The van der Waals surface area contributed by atoms with Crippen LogP contribution in [0.5, 0.6) is 0 Å². The van der Waals surface area contributed by atoms with Crippen molar-refractivity contribution in [3.8, 4) is 0 Å². The first-order valence-electron chi connectivity index (χ1n) is 11.6. The van der Waals surface area contributed by atoms with Crippen molar-refractivity contribution < 1.29 is 9.72 Å². The molecule has 9 heteroatoms. The highest BCUT2D eigenvalue weighted by atomic mass is 35.5. The van der Waals surface area contributed by atoms with E-state index in [0.717, 1.165) is 16.8 Å². The lowest BCUT2D eigenvalue weighted by Crippen LogP contribution is -2.48. The molecule has 3 aromatic carbocycles. The molecule has 1 aliphatic rings. The molecule has 36 heavy (non-hydrogen) atoms. The van der Waals surface area contributed by atoms with Crippen LogP contribution in [0.1, 0.15) is 24.1 Å². The Balaban J connectivity index is 1.42. The third-order valence-electron chi connectivity index (χ3n) is 6.17. The van der Waals surface area contributed by atoms with Crippen LogP contribution in [0, 0.1) is 10.1 Å². The number of carbonyl (C=O) groups excluding carboxylic acids is 1. The van der Waals surface area contributed by atoms with Crippen LogP contribution >= 0.6 is 23.2 Å². The Hall–Kier alpha value is -3.55. The minimum absolute atomic E-state index is 0.0290. The van der Waals surface area contributed by atoms with E-state index in [1.165, 1.54) is 12.1 Å². The summed E-state index contributed by atoms with van der Waals surface area (Å²) < 4.78 is 0. The van der Waals surface area contributed by atoms with Crippen LogP contribution < -0.4 is 10.2 Å². The number of nitrogens with one attached hydrogen (secondary N) is 1. The smallest absolute Gasteiger partial charge is 0.292 e. The van der Waals surface area contributed by atoms with Crippen molar-refractivity contribution >= 4 is 52.2 Å². The number of halogens is 2. The molecule has 1 fully saturated rings. The van der Waals surface area contributed by atoms with Crippen LogP contribution in [0.4, 0.5) is 17.1 Å². The van der Waals surface area contributed by atoms with Gasteiger partial charge in [0.2, 0.25) is 5.91 Å². The minimum atomic E-state index is -0.375. The predicted molar refractivity (Wildman–Crippen MR) is 146 cm³/mol. The van der Waals surface area contributed by atoms with Gasteiger partial charge in [-0.2, -0.15) is 0 Å². The van der Waals surface area contributed by atoms with E-state index in [0.29, 0.717) is 41.9 Å². The summed E-state index contributed by atoms with van der Waals surface area (Å²) in [5, 5.41) is 16.0. The number of carbonyl (C=O) groups is 1. The first-order valence-corrected chi connectivity index (χ1v) is 12.3. The molecular formula is C27H26Cl2N4O3. The van der Waals surface area contributed by atoms with Crippen LogP contribution in [0.15, 0.2) is 72.8 Å². The molecule has 0 saturated carbocycles. The molecule has 7 nitrogen and oxygen atoms in total. The monoisotopic (exact) mass is 524 g/mol. The average molecular weight is 525 g/mol. The molecular weight excluding hydrogens is 499 g/mol. The van der Waals surface area contributed by atoms with Crippen LogP contribution in [-0.2, 0) is 4.79 Å². The fourth-order valence-corrected chi connectivity index (χ4v) is 4.61. The van der Waals surface area contributed by atoms with Crippen molar-refractivity contribution in [2.45, 2.75) is 13.0 Å². The van der Waals surface area contributed by atoms with Crippen molar-refractivity contribution in [1.29, 1.82) is 0 Å². The number of nitrogens with zero attached hydrogens (tertiary/aromatic N) is 3. The number of piperazine rings is 1. The van der Waals surface area contributed by atoms with Crippen LogP contribution in [0.25, 0.3) is 6.08 Å². The molecule has 0 aromatic heterocycles. The fraction of sp³-hybridized carbons (Fsp3) is 0.222. The maximum absolute atomic E-state index is 12.7. The normalized spacial score (nSPS) is 14.6. The summed E-state index contributed by atoms with van der Waals surface area (Å²) in [5.41, 5.74) is 3.14. The van der Waals surface area contributed by atoms with Gasteiger partial charge in [0.05, 0.1) is 4.92 Å². The lowest BCUT2D eigenvalue weighted by atomic mass is 10.1.